The second-order valence-corrected chi connectivity index (χ2v) is 8.28. The zero-order valence-electron chi connectivity index (χ0n) is 15.3. The third-order valence-electron chi connectivity index (χ3n) is 4.87. The number of ether oxygens (including phenoxy) is 1. The Morgan fingerprint density at radius 2 is 2.00 bits per heavy atom. The second-order valence-electron chi connectivity index (χ2n) is 6.78. The molecule has 1 aromatic carbocycles. The van der Waals surface area contributed by atoms with Crippen LogP contribution >= 0.6 is 11.8 Å². The summed E-state index contributed by atoms with van der Waals surface area (Å²) in [5, 5.41) is 2.70. The largest absolute Gasteiger partial charge is 0.456 e. The van der Waals surface area contributed by atoms with Crippen LogP contribution in [-0.2, 0) is 19.1 Å². The molecule has 2 fully saturated rings. The molecule has 0 unspecified atom stereocenters. The van der Waals surface area contributed by atoms with Gasteiger partial charge in [-0.2, -0.15) is 0 Å². The summed E-state index contributed by atoms with van der Waals surface area (Å²) < 4.78 is 5.19. The van der Waals surface area contributed by atoms with E-state index in [0.29, 0.717) is 29.8 Å². The van der Waals surface area contributed by atoms with Crippen molar-refractivity contribution < 1.29 is 23.9 Å². The Morgan fingerprint density at radius 1 is 1.30 bits per heavy atom. The van der Waals surface area contributed by atoms with Gasteiger partial charge in [-0.05, 0) is 37.6 Å². The molecule has 7 nitrogen and oxygen atoms in total. The molecule has 0 saturated carbocycles. The highest BCUT2D eigenvalue weighted by Gasteiger charge is 2.53. The summed E-state index contributed by atoms with van der Waals surface area (Å²) in [6.07, 6.45) is 1.53. The van der Waals surface area contributed by atoms with Gasteiger partial charge in [0.05, 0.1) is 4.87 Å². The van der Waals surface area contributed by atoms with Crippen LogP contribution in [0.5, 0.6) is 0 Å². The first-order valence-corrected chi connectivity index (χ1v) is 9.88. The van der Waals surface area contributed by atoms with Crippen molar-refractivity contribution in [3.8, 4) is 0 Å². The highest BCUT2D eigenvalue weighted by atomic mass is 32.2. The number of amides is 2. The van der Waals surface area contributed by atoms with Crippen LogP contribution in [0.1, 0.15) is 43.5 Å². The summed E-state index contributed by atoms with van der Waals surface area (Å²) in [6.45, 7) is 3.34. The second kappa shape index (κ2) is 7.72. The Morgan fingerprint density at radius 3 is 2.67 bits per heavy atom. The molecule has 1 N–H and O–H groups in total. The molecule has 1 aromatic rings. The molecule has 0 spiro atoms. The molecule has 2 saturated heterocycles. The first-order chi connectivity index (χ1) is 12.8. The number of anilines is 1. The monoisotopic (exact) mass is 390 g/mol. The van der Waals surface area contributed by atoms with Gasteiger partial charge >= 0.3 is 5.97 Å². The number of esters is 1. The van der Waals surface area contributed by atoms with Crippen molar-refractivity contribution in [2.75, 3.05) is 17.7 Å². The standard InChI is InChI=1S/C19H22N2O5S/c1-3-16(23)20-13-6-4-12(5-7-13)15(22)10-26-18(25)14-11-27-19(2)9-8-17(24)21(14)19/h4-7,14H,3,8-11H2,1-2H3,(H,20,23)/t14-,19-/m1/s1. The lowest BCUT2D eigenvalue weighted by atomic mass is 10.1. The van der Waals surface area contributed by atoms with Crippen molar-refractivity contribution in [2.45, 2.75) is 44.0 Å². The van der Waals surface area contributed by atoms with Crippen molar-refractivity contribution in [3.05, 3.63) is 29.8 Å². The number of hydrogen-bond donors (Lipinski definition) is 1. The lowest BCUT2D eigenvalue weighted by molar-refractivity contribution is -0.152. The van der Waals surface area contributed by atoms with Crippen LogP contribution in [-0.4, -0.2) is 51.7 Å². The number of carbonyl (C=O) groups is 4. The Bertz CT molecular complexity index is 779. The van der Waals surface area contributed by atoms with E-state index in [0.717, 1.165) is 6.42 Å². The maximum Gasteiger partial charge on any atom is 0.330 e. The van der Waals surface area contributed by atoms with Crippen molar-refractivity contribution in [3.63, 3.8) is 0 Å². The van der Waals surface area contributed by atoms with E-state index in [4.69, 9.17) is 4.74 Å². The summed E-state index contributed by atoms with van der Waals surface area (Å²) in [5.41, 5.74) is 0.991. The van der Waals surface area contributed by atoms with Gasteiger partial charge in [-0.15, -0.1) is 11.8 Å². The smallest absolute Gasteiger partial charge is 0.330 e. The summed E-state index contributed by atoms with van der Waals surface area (Å²) in [6, 6.07) is 5.78. The van der Waals surface area contributed by atoms with Gasteiger partial charge in [0.25, 0.3) is 0 Å². The van der Waals surface area contributed by atoms with Crippen LogP contribution in [0.15, 0.2) is 24.3 Å². The van der Waals surface area contributed by atoms with Crippen LogP contribution in [0.25, 0.3) is 0 Å². The SMILES string of the molecule is CCC(=O)Nc1ccc(C(=O)COC(=O)[C@H]2CS[C@]3(C)CCC(=O)N23)cc1. The van der Waals surface area contributed by atoms with Crippen LogP contribution < -0.4 is 5.32 Å². The van der Waals surface area contributed by atoms with Gasteiger partial charge in [0.2, 0.25) is 11.8 Å². The molecule has 2 atom stereocenters. The van der Waals surface area contributed by atoms with Crippen molar-refractivity contribution in [1.82, 2.24) is 4.90 Å². The lowest BCUT2D eigenvalue weighted by Crippen LogP contribution is -2.46. The highest BCUT2D eigenvalue weighted by Crippen LogP contribution is 2.47. The minimum absolute atomic E-state index is 0.0412. The first kappa shape index (κ1) is 19.4. The van der Waals surface area contributed by atoms with E-state index in [1.54, 1.807) is 47.9 Å². The molecule has 3 rings (SSSR count). The van der Waals surface area contributed by atoms with Crippen LogP contribution in [0.3, 0.4) is 0 Å². The Balaban J connectivity index is 1.55. The highest BCUT2D eigenvalue weighted by molar-refractivity contribution is 8.01. The number of nitrogens with zero attached hydrogens (tertiary/aromatic N) is 1. The van der Waals surface area contributed by atoms with E-state index in [1.165, 1.54) is 0 Å². The van der Waals surface area contributed by atoms with Gasteiger partial charge in [-0.1, -0.05) is 6.92 Å². The van der Waals surface area contributed by atoms with Crippen molar-refractivity contribution in [2.24, 2.45) is 0 Å². The van der Waals surface area contributed by atoms with Gasteiger partial charge in [-0.25, -0.2) is 4.79 Å². The molecular formula is C19H22N2O5S. The Labute approximate surface area is 161 Å². The number of rotatable bonds is 6. The van der Waals surface area contributed by atoms with Crippen LogP contribution in [0.2, 0.25) is 0 Å². The van der Waals surface area contributed by atoms with Gasteiger partial charge in [-0.3, -0.25) is 14.4 Å². The number of thioether (sulfide) groups is 1. The molecule has 0 bridgehead atoms. The maximum absolute atomic E-state index is 12.4. The topological polar surface area (TPSA) is 92.8 Å². The van der Waals surface area contributed by atoms with E-state index in [9.17, 15) is 19.2 Å². The maximum atomic E-state index is 12.4. The number of Topliss-reactive ketones (excluding diaryl/α,β-unsaturated/α-hetero) is 1. The molecule has 2 aliphatic rings. The quantitative estimate of drug-likeness (QED) is 0.591. The molecule has 0 aliphatic carbocycles. The third-order valence-corrected chi connectivity index (χ3v) is 6.38. The van der Waals surface area contributed by atoms with Crippen molar-refractivity contribution >= 4 is 41.0 Å². The predicted octanol–water partition coefficient (Wildman–Crippen LogP) is 2.21. The van der Waals surface area contributed by atoms with Gasteiger partial charge in [0, 0.05) is 29.8 Å². The number of ketones is 1. The fourth-order valence-electron chi connectivity index (χ4n) is 3.30. The van der Waals surface area contributed by atoms with E-state index < -0.39 is 12.0 Å². The normalized spacial score (nSPS) is 23.9. The Kier molecular flexibility index (Phi) is 5.55. The minimum Gasteiger partial charge on any atom is -0.456 e. The molecule has 2 aliphatic heterocycles. The molecular weight excluding hydrogens is 368 g/mol. The average Bonchev–Trinajstić information content (AvgIpc) is 3.16. The fraction of sp³-hybridized carbons (Fsp3) is 0.474. The summed E-state index contributed by atoms with van der Waals surface area (Å²) in [7, 11) is 0. The van der Waals surface area contributed by atoms with Crippen LogP contribution in [0.4, 0.5) is 5.69 Å². The summed E-state index contributed by atoms with van der Waals surface area (Å²) >= 11 is 1.58. The summed E-state index contributed by atoms with van der Waals surface area (Å²) in [4.78, 5) is 49.3. The molecule has 144 valence electrons. The number of nitrogens with one attached hydrogen (secondary N) is 1. The molecule has 0 radical (unpaired) electrons. The van der Waals surface area contributed by atoms with Crippen LogP contribution in [0, 0.1) is 0 Å². The van der Waals surface area contributed by atoms with Gasteiger partial charge in [0.15, 0.2) is 12.4 Å². The zero-order valence-corrected chi connectivity index (χ0v) is 16.1. The van der Waals surface area contributed by atoms with Crippen molar-refractivity contribution in [1.29, 1.82) is 0 Å². The number of carbonyl (C=O) groups excluding carboxylic acids is 4. The van der Waals surface area contributed by atoms with E-state index >= 15 is 0 Å². The van der Waals surface area contributed by atoms with E-state index in [1.807, 2.05) is 6.92 Å². The predicted molar refractivity (Wildman–Crippen MR) is 101 cm³/mol. The number of hydrogen-bond acceptors (Lipinski definition) is 6. The number of benzene rings is 1. The molecule has 8 heteroatoms. The lowest BCUT2D eigenvalue weighted by Gasteiger charge is -2.29. The average molecular weight is 390 g/mol. The molecule has 2 heterocycles. The van der Waals surface area contributed by atoms with Gasteiger partial charge in [0.1, 0.15) is 6.04 Å². The van der Waals surface area contributed by atoms with E-state index in [2.05, 4.69) is 5.32 Å². The summed E-state index contributed by atoms with van der Waals surface area (Å²) in [5.74, 6) is -0.540. The molecule has 27 heavy (non-hydrogen) atoms. The van der Waals surface area contributed by atoms with Gasteiger partial charge < -0.3 is 15.0 Å². The number of fused-ring (bicyclic) bond motifs is 1. The zero-order chi connectivity index (χ0) is 19.6. The van der Waals surface area contributed by atoms with E-state index in [-0.39, 0.29) is 29.1 Å². The molecule has 0 aromatic heterocycles. The molecule has 2 amide bonds. The Hall–Kier alpha value is -2.35. The first-order valence-electron chi connectivity index (χ1n) is 8.90. The fourth-order valence-corrected chi connectivity index (χ4v) is 4.72. The minimum atomic E-state index is -0.630. The third kappa shape index (κ3) is 4.00.